The van der Waals surface area contributed by atoms with Gasteiger partial charge in [0, 0.05) is 11.4 Å². The number of nitrogens with two attached hydrogens (primary N) is 1. The van der Waals surface area contributed by atoms with Crippen LogP contribution in [0.3, 0.4) is 0 Å². The molecule has 0 bridgehead atoms. The molecule has 0 aromatic heterocycles. The van der Waals surface area contributed by atoms with Crippen molar-refractivity contribution in [3.05, 3.63) is 11.5 Å². The summed E-state index contributed by atoms with van der Waals surface area (Å²) in [5, 5.41) is 1.16. The molecular formula is C4H7NO2S. The normalized spacial score (nSPS) is 33.4. The lowest BCUT2D eigenvalue weighted by atomic mass is 10.4. The van der Waals surface area contributed by atoms with Crippen molar-refractivity contribution in [2.45, 2.75) is 6.04 Å². The van der Waals surface area contributed by atoms with E-state index in [1.54, 1.807) is 0 Å². The average molecular weight is 133 g/mol. The van der Waals surface area contributed by atoms with Gasteiger partial charge in [0.15, 0.2) is 9.84 Å². The van der Waals surface area contributed by atoms with E-state index in [4.69, 9.17) is 5.73 Å². The van der Waals surface area contributed by atoms with Crippen LogP contribution in [0.5, 0.6) is 0 Å². The zero-order valence-corrected chi connectivity index (χ0v) is 5.06. The molecule has 0 amide bonds. The monoisotopic (exact) mass is 133 g/mol. The van der Waals surface area contributed by atoms with Gasteiger partial charge in [-0.3, -0.25) is 0 Å². The van der Waals surface area contributed by atoms with Gasteiger partial charge in [-0.25, -0.2) is 8.42 Å². The Hall–Kier alpha value is -0.350. The third-order valence-electron chi connectivity index (χ3n) is 0.958. The van der Waals surface area contributed by atoms with Crippen LogP contribution in [-0.4, -0.2) is 20.2 Å². The minimum absolute atomic E-state index is 0.0764. The third kappa shape index (κ3) is 1.08. The molecule has 4 heteroatoms. The van der Waals surface area contributed by atoms with Gasteiger partial charge in [-0.1, -0.05) is 6.08 Å². The SMILES string of the molecule is NC1C=CS(=O)(=O)C1. The highest BCUT2D eigenvalue weighted by atomic mass is 32.2. The van der Waals surface area contributed by atoms with E-state index < -0.39 is 9.84 Å². The van der Waals surface area contributed by atoms with E-state index in [1.807, 2.05) is 0 Å². The summed E-state index contributed by atoms with van der Waals surface area (Å²) < 4.78 is 20.9. The summed E-state index contributed by atoms with van der Waals surface area (Å²) in [6.07, 6.45) is 1.50. The van der Waals surface area contributed by atoms with Crippen molar-refractivity contribution in [3.63, 3.8) is 0 Å². The van der Waals surface area contributed by atoms with Crippen LogP contribution >= 0.6 is 0 Å². The molecule has 1 rings (SSSR count). The van der Waals surface area contributed by atoms with Crippen LogP contribution in [-0.2, 0) is 9.84 Å². The molecule has 2 N–H and O–H groups in total. The molecule has 1 aliphatic rings. The Morgan fingerprint density at radius 2 is 2.25 bits per heavy atom. The van der Waals surface area contributed by atoms with Crippen LogP contribution in [0.15, 0.2) is 11.5 Å². The summed E-state index contributed by atoms with van der Waals surface area (Å²) in [6.45, 7) is 0. The second-order valence-corrected chi connectivity index (χ2v) is 3.75. The zero-order valence-electron chi connectivity index (χ0n) is 4.24. The highest BCUT2D eigenvalue weighted by Gasteiger charge is 2.16. The molecule has 8 heavy (non-hydrogen) atoms. The molecule has 0 fully saturated rings. The van der Waals surface area contributed by atoms with Gasteiger partial charge in [-0.05, 0) is 0 Å². The van der Waals surface area contributed by atoms with Crippen molar-refractivity contribution in [1.82, 2.24) is 0 Å². The van der Waals surface area contributed by atoms with Crippen molar-refractivity contribution in [1.29, 1.82) is 0 Å². The first-order valence-corrected chi connectivity index (χ1v) is 3.98. The van der Waals surface area contributed by atoms with E-state index in [9.17, 15) is 8.42 Å². The first kappa shape index (κ1) is 5.78. The largest absolute Gasteiger partial charge is 0.324 e. The number of rotatable bonds is 0. The second kappa shape index (κ2) is 1.56. The van der Waals surface area contributed by atoms with E-state index >= 15 is 0 Å². The van der Waals surface area contributed by atoms with Gasteiger partial charge in [-0.2, -0.15) is 0 Å². The minimum atomic E-state index is -2.90. The Kier molecular flexibility index (Phi) is 1.13. The van der Waals surface area contributed by atoms with Crippen molar-refractivity contribution >= 4 is 9.84 Å². The molecule has 46 valence electrons. The van der Waals surface area contributed by atoms with E-state index in [2.05, 4.69) is 0 Å². The van der Waals surface area contributed by atoms with E-state index in [-0.39, 0.29) is 11.8 Å². The second-order valence-electron chi connectivity index (χ2n) is 1.82. The van der Waals surface area contributed by atoms with E-state index in [1.165, 1.54) is 6.08 Å². The van der Waals surface area contributed by atoms with E-state index in [0.29, 0.717) is 0 Å². The summed E-state index contributed by atoms with van der Waals surface area (Å²) >= 11 is 0. The van der Waals surface area contributed by atoms with Crippen molar-refractivity contribution in [3.8, 4) is 0 Å². The molecule has 0 aromatic carbocycles. The van der Waals surface area contributed by atoms with Gasteiger partial charge < -0.3 is 5.73 Å². The maximum absolute atomic E-state index is 10.5. The zero-order chi connectivity index (χ0) is 6.20. The van der Waals surface area contributed by atoms with Crippen LogP contribution in [0.1, 0.15) is 0 Å². The highest BCUT2D eigenvalue weighted by molar-refractivity contribution is 7.94. The van der Waals surface area contributed by atoms with Gasteiger partial charge in [0.2, 0.25) is 0 Å². The highest BCUT2D eigenvalue weighted by Crippen LogP contribution is 2.04. The predicted molar refractivity (Wildman–Crippen MR) is 30.9 cm³/mol. The maximum atomic E-state index is 10.5. The Labute approximate surface area is 48.1 Å². The quantitative estimate of drug-likeness (QED) is 0.473. The van der Waals surface area contributed by atoms with Gasteiger partial charge >= 0.3 is 0 Å². The Morgan fingerprint density at radius 3 is 2.38 bits per heavy atom. The lowest BCUT2D eigenvalue weighted by Gasteiger charge is -1.91. The van der Waals surface area contributed by atoms with Gasteiger partial charge in [0.05, 0.1) is 5.75 Å². The van der Waals surface area contributed by atoms with Crippen molar-refractivity contribution in [2.24, 2.45) is 5.73 Å². The van der Waals surface area contributed by atoms with E-state index in [0.717, 1.165) is 5.41 Å². The van der Waals surface area contributed by atoms with Gasteiger partial charge in [0.25, 0.3) is 0 Å². The van der Waals surface area contributed by atoms with Crippen LogP contribution in [0, 0.1) is 0 Å². The van der Waals surface area contributed by atoms with Crippen LogP contribution in [0.2, 0.25) is 0 Å². The first-order valence-electron chi connectivity index (χ1n) is 2.27. The van der Waals surface area contributed by atoms with Crippen molar-refractivity contribution < 1.29 is 8.42 Å². The summed E-state index contributed by atoms with van der Waals surface area (Å²) in [5.41, 5.74) is 5.24. The topological polar surface area (TPSA) is 60.2 Å². The molecular weight excluding hydrogens is 126 g/mol. The standard InChI is InChI=1S/C4H7NO2S/c5-4-1-2-8(6,7)3-4/h1-2,4H,3,5H2. The maximum Gasteiger partial charge on any atom is 0.173 e. The molecule has 0 radical (unpaired) electrons. The van der Waals surface area contributed by atoms with Crippen LogP contribution in [0.25, 0.3) is 0 Å². The molecule has 0 aromatic rings. The lowest BCUT2D eigenvalue weighted by Crippen LogP contribution is -2.20. The molecule has 3 nitrogen and oxygen atoms in total. The number of hydrogen-bond acceptors (Lipinski definition) is 3. The van der Waals surface area contributed by atoms with Gasteiger partial charge in [-0.15, -0.1) is 0 Å². The fourth-order valence-electron chi connectivity index (χ4n) is 0.600. The Bertz CT molecular complexity index is 204. The molecule has 0 saturated carbocycles. The Balaban J connectivity index is 2.89. The minimum Gasteiger partial charge on any atom is -0.324 e. The first-order chi connectivity index (χ1) is 3.60. The van der Waals surface area contributed by atoms with Gasteiger partial charge in [0.1, 0.15) is 0 Å². The summed E-state index contributed by atoms with van der Waals surface area (Å²) in [7, 11) is -2.90. The Morgan fingerprint density at radius 1 is 1.62 bits per heavy atom. The molecule has 1 heterocycles. The third-order valence-corrected chi connectivity index (χ3v) is 2.38. The smallest absolute Gasteiger partial charge is 0.173 e. The number of sulfone groups is 1. The molecule has 0 spiro atoms. The molecule has 1 aliphatic heterocycles. The summed E-state index contributed by atoms with van der Waals surface area (Å²) in [4.78, 5) is 0. The lowest BCUT2D eigenvalue weighted by molar-refractivity contribution is 0.604. The number of hydrogen-bond donors (Lipinski definition) is 1. The van der Waals surface area contributed by atoms with Crippen LogP contribution < -0.4 is 5.73 Å². The molecule has 0 saturated heterocycles. The fourth-order valence-corrected chi connectivity index (χ4v) is 1.80. The fraction of sp³-hybridized carbons (Fsp3) is 0.500. The predicted octanol–water partition coefficient (Wildman–Crippen LogP) is -0.744. The molecule has 0 aliphatic carbocycles. The summed E-state index contributed by atoms with van der Waals surface area (Å²) in [5.74, 6) is 0.0764. The van der Waals surface area contributed by atoms with Crippen LogP contribution in [0.4, 0.5) is 0 Å². The molecule has 1 atom stereocenters. The summed E-state index contributed by atoms with van der Waals surface area (Å²) in [6, 6.07) is -0.278. The van der Waals surface area contributed by atoms with Crippen molar-refractivity contribution in [2.75, 3.05) is 5.75 Å². The average Bonchev–Trinajstić information content (AvgIpc) is 1.82. The molecule has 1 unspecified atom stereocenters.